The predicted molar refractivity (Wildman–Crippen MR) is 81.6 cm³/mol. The lowest BCUT2D eigenvalue weighted by atomic mass is 10.0. The van der Waals surface area contributed by atoms with Crippen LogP contribution >= 0.6 is 0 Å². The molecule has 5 nitrogen and oxygen atoms in total. The van der Waals surface area contributed by atoms with Crippen molar-refractivity contribution >= 4 is 22.8 Å². The van der Waals surface area contributed by atoms with E-state index in [1.165, 1.54) is 25.8 Å². The molecule has 1 heterocycles. The first kappa shape index (κ1) is 15.1. The third kappa shape index (κ3) is 2.39. The quantitative estimate of drug-likeness (QED) is 0.912. The van der Waals surface area contributed by atoms with Crippen molar-refractivity contribution in [2.24, 2.45) is 0 Å². The molecule has 0 aliphatic heterocycles. The van der Waals surface area contributed by atoms with Gasteiger partial charge in [-0.05, 0) is 51.5 Å². The van der Waals surface area contributed by atoms with Crippen LogP contribution in [-0.2, 0) is 4.79 Å². The normalized spacial score (nSPS) is 11.7. The Morgan fingerprint density at radius 1 is 1.24 bits per heavy atom. The number of nitrogens with zero attached hydrogens (tertiary/aromatic N) is 1. The van der Waals surface area contributed by atoms with Gasteiger partial charge in [0.15, 0.2) is 0 Å². The summed E-state index contributed by atoms with van der Waals surface area (Å²) in [4.78, 5) is 28.3. The number of carboxylic acid groups (broad SMARTS) is 1. The summed E-state index contributed by atoms with van der Waals surface area (Å²) in [6.07, 6.45) is 0. The molecule has 0 atom stereocenters. The van der Waals surface area contributed by atoms with E-state index in [4.69, 9.17) is 0 Å². The largest absolute Gasteiger partial charge is 0.480 e. The van der Waals surface area contributed by atoms with Crippen LogP contribution in [0.5, 0.6) is 0 Å². The summed E-state index contributed by atoms with van der Waals surface area (Å²) in [7, 11) is 1.51. The zero-order valence-corrected chi connectivity index (χ0v) is 12.9. The average Bonchev–Trinajstić information content (AvgIpc) is 2.72. The van der Waals surface area contributed by atoms with Crippen molar-refractivity contribution in [1.82, 2.24) is 9.88 Å². The maximum Gasteiger partial charge on any atom is 0.329 e. The molecule has 0 aliphatic carbocycles. The lowest BCUT2D eigenvalue weighted by Gasteiger charge is -2.31. The number of benzene rings is 1. The standard InChI is InChI=1S/C16H20N2O3/c1-9-10(2)17-13-7-6-11(8-12(9)13)14(19)18(5)16(3,4)15(20)21/h6-8,17H,1-5H3,(H,20,21). The number of aromatic nitrogens is 1. The molecule has 21 heavy (non-hydrogen) atoms. The maximum atomic E-state index is 12.5. The number of carbonyl (C=O) groups excluding carboxylic acids is 1. The van der Waals surface area contributed by atoms with E-state index < -0.39 is 11.5 Å². The van der Waals surface area contributed by atoms with Gasteiger partial charge in [0.05, 0.1) is 0 Å². The van der Waals surface area contributed by atoms with E-state index in [2.05, 4.69) is 4.98 Å². The third-order valence-corrected chi connectivity index (χ3v) is 4.22. The Labute approximate surface area is 123 Å². The Balaban J connectivity index is 2.44. The fraction of sp³-hybridized carbons (Fsp3) is 0.375. The van der Waals surface area contributed by atoms with Gasteiger partial charge in [0.2, 0.25) is 0 Å². The Bertz CT molecular complexity index is 728. The van der Waals surface area contributed by atoms with E-state index in [1.54, 1.807) is 6.07 Å². The van der Waals surface area contributed by atoms with Gasteiger partial charge in [-0.3, -0.25) is 4.79 Å². The van der Waals surface area contributed by atoms with E-state index >= 15 is 0 Å². The summed E-state index contributed by atoms with van der Waals surface area (Å²) in [5, 5.41) is 10.2. The van der Waals surface area contributed by atoms with E-state index in [9.17, 15) is 14.7 Å². The maximum absolute atomic E-state index is 12.5. The van der Waals surface area contributed by atoms with Crippen molar-refractivity contribution in [3.8, 4) is 0 Å². The number of fused-ring (bicyclic) bond motifs is 1. The van der Waals surface area contributed by atoms with Crippen LogP contribution < -0.4 is 0 Å². The minimum Gasteiger partial charge on any atom is -0.480 e. The molecule has 0 saturated carbocycles. The second kappa shape index (κ2) is 4.91. The molecule has 0 unspecified atom stereocenters. The number of hydrogen-bond donors (Lipinski definition) is 2. The summed E-state index contributed by atoms with van der Waals surface area (Å²) < 4.78 is 0. The van der Waals surface area contributed by atoms with Crippen LogP contribution in [0, 0.1) is 13.8 Å². The molecule has 0 spiro atoms. The number of H-pyrrole nitrogens is 1. The smallest absolute Gasteiger partial charge is 0.329 e. The number of aliphatic carboxylic acids is 1. The highest BCUT2D eigenvalue weighted by molar-refractivity contribution is 6.01. The number of carbonyl (C=O) groups is 2. The van der Waals surface area contributed by atoms with E-state index in [-0.39, 0.29) is 5.91 Å². The van der Waals surface area contributed by atoms with Crippen molar-refractivity contribution in [2.45, 2.75) is 33.2 Å². The SMILES string of the molecule is Cc1[nH]c2ccc(C(=O)N(C)C(C)(C)C(=O)O)cc2c1C. The lowest BCUT2D eigenvalue weighted by Crippen LogP contribution is -2.50. The number of carboxylic acids is 1. The van der Waals surface area contributed by atoms with Crippen LogP contribution in [0.15, 0.2) is 18.2 Å². The van der Waals surface area contributed by atoms with Crippen molar-refractivity contribution in [3.63, 3.8) is 0 Å². The fourth-order valence-electron chi connectivity index (χ4n) is 2.19. The van der Waals surface area contributed by atoms with Gasteiger partial charge >= 0.3 is 5.97 Å². The van der Waals surface area contributed by atoms with Crippen LogP contribution in [0.4, 0.5) is 0 Å². The Morgan fingerprint density at radius 3 is 2.43 bits per heavy atom. The van der Waals surface area contributed by atoms with E-state index in [1.807, 2.05) is 26.0 Å². The minimum absolute atomic E-state index is 0.303. The van der Waals surface area contributed by atoms with Crippen molar-refractivity contribution < 1.29 is 14.7 Å². The summed E-state index contributed by atoms with van der Waals surface area (Å²) in [6, 6.07) is 5.38. The molecule has 2 aromatic rings. The van der Waals surface area contributed by atoms with Crippen LogP contribution in [-0.4, -0.2) is 39.5 Å². The number of aryl methyl sites for hydroxylation is 2. The molecule has 0 fully saturated rings. The molecule has 2 N–H and O–H groups in total. The first-order chi connectivity index (χ1) is 9.66. The van der Waals surface area contributed by atoms with Crippen LogP contribution in [0.1, 0.15) is 35.5 Å². The highest BCUT2D eigenvalue weighted by atomic mass is 16.4. The number of hydrogen-bond acceptors (Lipinski definition) is 2. The third-order valence-electron chi connectivity index (χ3n) is 4.22. The molecule has 112 valence electrons. The van der Waals surface area contributed by atoms with Crippen molar-refractivity contribution in [1.29, 1.82) is 0 Å². The molecule has 1 amide bonds. The summed E-state index contributed by atoms with van der Waals surface area (Å²) in [5.74, 6) is -1.34. The van der Waals surface area contributed by atoms with Gasteiger partial charge in [-0.2, -0.15) is 0 Å². The summed E-state index contributed by atoms with van der Waals surface area (Å²) in [5.41, 5.74) is 2.37. The first-order valence-electron chi connectivity index (χ1n) is 6.76. The zero-order valence-electron chi connectivity index (χ0n) is 12.9. The first-order valence-corrected chi connectivity index (χ1v) is 6.76. The molecule has 0 saturated heterocycles. The number of nitrogens with one attached hydrogen (secondary N) is 1. The minimum atomic E-state index is -1.25. The van der Waals surface area contributed by atoms with Gasteiger partial charge in [0.25, 0.3) is 5.91 Å². The van der Waals surface area contributed by atoms with Crippen LogP contribution in [0.3, 0.4) is 0 Å². The number of likely N-dealkylation sites (N-methyl/N-ethyl adjacent to an activating group) is 1. The predicted octanol–water partition coefficient (Wildman–Crippen LogP) is 2.72. The fourth-order valence-corrected chi connectivity index (χ4v) is 2.19. The van der Waals surface area contributed by atoms with Gasteiger partial charge in [0, 0.05) is 29.2 Å². The summed E-state index contributed by atoms with van der Waals surface area (Å²) >= 11 is 0. The number of aromatic amines is 1. The van der Waals surface area contributed by atoms with E-state index in [0.717, 1.165) is 22.2 Å². The highest BCUT2D eigenvalue weighted by Crippen LogP contribution is 2.24. The molecule has 0 aliphatic rings. The Kier molecular flexibility index (Phi) is 3.53. The molecule has 1 aromatic carbocycles. The second-order valence-corrected chi connectivity index (χ2v) is 5.86. The van der Waals surface area contributed by atoms with Gasteiger partial charge in [-0.25, -0.2) is 4.79 Å². The molecule has 5 heteroatoms. The zero-order chi connectivity index (χ0) is 15.9. The van der Waals surface area contributed by atoms with Gasteiger partial charge in [-0.15, -0.1) is 0 Å². The second-order valence-electron chi connectivity index (χ2n) is 5.86. The topological polar surface area (TPSA) is 73.4 Å². The molecular weight excluding hydrogens is 268 g/mol. The average molecular weight is 288 g/mol. The molecule has 0 bridgehead atoms. The molecule has 0 radical (unpaired) electrons. The number of amides is 1. The van der Waals surface area contributed by atoms with Crippen LogP contribution in [0.25, 0.3) is 10.9 Å². The molecular formula is C16H20N2O3. The monoisotopic (exact) mass is 288 g/mol. The van der Waals surface area contributed by atoms with Crippen LogP contribution in [0.2, 0.25) is 0 Å². The van der Waals surface area contributed by atoms with Gasteiger partial charge in [-0.1, -0.05) is 0 Å². The molecule has 2 rings (SSSR count). The Hall–Kier alpha value is -2.30. The molecule has 1 aromatic heterocycles. The lowest BCUT2D eigenvalue weighted by molar-refractivity contribution is -0.147. The highest BCUT2D eigenvalue weighted by Gasteiger charge is 2.35. The van der Waals surface area contributed by atoms with Crippen molar-refractivity contribution in [2.75, 3.05) is 7.05 Å². The Morgan fingerprint density at radius 2 is 1.86 bits per heavy atom. The van der Waals surface area contributed by atoms with Crippen molar-refractivity contribution in [3.05, 3.63) is 35.0 Å². The number of rotatable bonds is 3. The van der Waals surface area contributed by atoms with Gasteiger partial charge < -0.3 is 15.0 Å². The van der Waals surface area contributed by atoms with Gasteiger partial charge in [0.1, 0.15) is 5.54 Å². The van der Waals surface area contributed by atoms with E-state index in [0.29, 0.717) is 5.56 Å². The summed E-state index contributed by atoms with van der Waals surface area (Å²) in [6.45, 7) is 7.00.